The van der Waals surface area contributed by atoms with Crippen LogP contribution in [0.3, 0.4) is 0 Å². The van der Waals surface area contributed by atoms with Crippen LogP contribution in [0.15, 0.2) is 33.4 Å². The summed E-state index contributed by atoms with van der Waals surface area (Å²) in [7, 11) is 4.78. The molecule has 1 aromatic carbocycles. The zero-order valence-electron chi connectivity index (χ0n) is 33.7. The van der Waals surface area contributed by atoms with Crippen molar-refractivity contribution >= 4 is 62.8 Å². The number of benzene rings is 1. The maximum Gasteiger partial charge on any atom is 0.326 e. The highest BCUT2D eigenvalue weighted by molar-refractivity contribution is 8.78. The number of ether oxygens (including phenoxy) is 4. The molecular formula is C39H56N4O13S2. The van der Waals surface area contributed by atoms with E-state index < -0.39 is 61.6 Å². The number of aliphatic hydroxyl groups excluding tert-OH is 3. The lowest BCUT2D eigenvalue weighted by molar-refractivity contribution is -0.227. The molecule has 322 valence electrons. The molecule has 1 saturated carbocycles. The van der Waals surface area contributed by atoms with Crippen LogP contribution in [0.25, 0.3) is 11.0 Å². The number of hydrogen-bond donors (Lipinski definition) is 3. The van der Waals surface area contributed by atoms with Gasteiger partial charge in [0.15, 0.2) is 0 Å². The molecule has 1 aliphatic heterocycles. The van der Waals surface area contributed by atoms with Crippen molar-refractivity contribution in [2.24, 2.45) is 5.92 Å². The van der Waals surface area contributed by atoms with E-state index in [0.29, 0.717) is 60.3 Å². The second-order valence-corrected chi connectivity index (χ2v) is 17.5. The molecule has 2 fully saturated rings. The van der Waals surface area contributed by atoms with Crippen molar-refractivity contribution in [1.29, 1.82) is 0 Å². The van der Waals surface area contributed by atoms with Crippen LogP contribution in [-0.2, 0) is 38.1 Å². The second-order valence-electron chi connectivity index (χ2n) is 15.0. The zero-order valence-corrected chi connectivity index (χ0v) is 35.3. The minimum atomic E-state index is -1.47. The Morgan fingerprint density at radius 1 is 0.948 bits per heavy atom. The van der Waals surface area contributed by atoms with E-state index in [1.165, 1.54) is 22.6 Å². The van der Waals surface area contributed by atoms with Crippen molar-refractivity contribution in [2.45, 2.75) is 128 Å². The Labute approximate surface area is 345 Å². The van der Waals surface area contributed by atoms with Crippen LogP contribution in [0.1, 0.15) is 95.8 Å². The summed E-state index contributed by atoms with van der Waals surface area (Å²) in [5.74, 6) is -0.465. The minimum Gasteiger partial charge on any atom is -0.465 e. The second kappa shape index (κ2) is 23.1. The Morgan fingerprint density at radius 2 is 1.66 bits per heavy atom. The molecule has 1 aromatic heterocycles. The van der Waals surface area contributed by atoms with E-state index in [1.807, 2.05) is 0 Å². The lowest BCUT2D eigenvalue weighted by Crippen LogP contribution is -2.58. The molecule has 2 amide bonds. The zero-order chi connectivity index (χ0) is 42.4. The molecule has 17 nitrogen and oxygen atoms in total. The Hall–Kier alpha value is -3.75. The number of carbonyl (C=O) groups is 5. The molecule has 2 aliphatic rings. The number of carbonyl (C=O) groups excluding carboxylic acids is 5. The van der Waals surface area contributed by atoms with E-state index in [1.54, 1.807) is 47.9 Å². The third kappa shape index (κ3) is 13.9. The van der Waals surface area contributed by atoms with Crippen molar-refractivity contribution in [2.75, 3.05) is 32.6 Å². The van der Waals surface area contributed by atoms with Crippen molar-refractivity contribution < 1.29 is 62.9 Å². The quantitative estimate of drug-likeness (QED) is 0.0534. The first-order valence-electron chi connectivity index (χ1n) is 19.6. The monoisotopic (exact) mass is 852 g/mol. The summed E-state index contributed by atoms with van der Waals surface area (Å²) in [6.45, 7) is 6.62. The Balaban J connectivity index is 1.17. The molecule has 2 heterocycles. The van der Waals surface area contributed by atoms with E-state index in [9.17, 15) is 39.3 Å². The SMILES string of the molecule is C/C(=C(\CCOC(=O)CCCC(=O)OC1CCC(N(C)C(=O)c2ccc3nonc3c2)CC1)SSCCC(C)C)N(C=O)CC(=O)OCC1OC(C)C(O)C(O)C1O. The van der Waals surface area contributed by atoms with Gasteiger partial charge in [0, 0.05) is 54.3 Å². The summed E-state index contributed by atoms with van der Waals surface area (Å²) >= 11 is 0. The summed E-state index contributed by atoms with van der Waals surface area (Å²) in [5.41, 5.74) is 2.05. The van der Waals surface area contributed by atoms with E-state index in [-0.39, 0.29) is 50.3 Å². The molecule has 0 bridgehead atoms. The number of esters is 3. The minimum absolute atomic E-state index is 0.00202. The number of fused-ring (bicyclic) bond motifs is 1. The molecule has 19 heteroatoms. The van der Waals surface area contributed by atoms with E-state index >= 15 is 0 Å². The summed E-state index contributed by atoms with van der Waals surface area (Å²) < 4.78 is 26.6. The average Bonchev–Trinajstić information content (AvgIpc) is 3.68. The number of aromatic nitrogens is 2. The van der Waals surface area contributed by atoms with Gasteiger partial charge in [-0.1, -0.05) is 35.4 Å². The maximum absolute atomic E-state index is 13.1. The van der Waals surface area contributed by atoms with Gasteiger partial charge in [-0.2, -0.15) is 0 Å². The van der Waals surface area contributed by atoms with Crippen molar-refractivity contribution in [3.8, 4) is 0 Å². The summed E-state index contributed by atoms with van der Waals surface area (Å²) in [5, 5.41) is 37.7. The molecular weight excluding hydrogens is 797 g/mol. The van der Waals surface area contributed by atoms with Crippen LogP contribution in [0.5, 0.6) is 0 Å². The Morgan fingerprint density at radius 3 is 2.36 bits per heavy atom. The molecule has 1 aliphatic carbocycles. The number of nitrogens with zero attached hydrogens (tertiary/aromatic N) is 4. The smallest absolute Gasteiger partial charge is 0.326 e. The first kappa shape index (κ1) is 46.9. The Kier molecular flexibility index (Phi) is 18.7. The van der Waals surface area contributed by atoms with Crippen LogP contribution in [0.2, 0.25) is 0 Å². The number of hydrogen-bond acceptors (Lipinski definition) is 17. The van der Waals surface area contributed by atoms with Gasteiger partial charge >= 0.3 is 17.9 Å². The van der Waals surface area contributed by atoms with Gasteiger partial charge < -0.3 is 44.1 Å². The fraction of sp³-hybridized carbons (Fsp3) is 0.667. The number of rotatable bonds is 21. The van der Waals surface area contributed by atoms with Gasteiger partial charge in [-0.15, -0.1) is 0 Å². The Bertz CT molecular complexity index is 1720. The average molecular weight is 853 g/mol. The predicted molar refractivity (Wildman–Crippen MR) is 214 cm³/mol. The van der Waals surface area contributed by atoms with Crippen molar-refractivity contribution in [3.05, 3.63) is 34.4 Å². The molecule has 5 unspecified atom stereocenters. The van der Waals surface area contributed by atoms with Crippen LogP contribution in [0, 0.1) is 5.92 Å². The highest BCUT2D eigenvalue weighted by Gasteiger charge is 2.42. The highest BCUT2D eigenvalue weighted by Crippen LogP contribution is 2.36. The molecule has 0 spiro atoms. The van der Waals surface area contributed by atoms with E-state index in [0.717, 1.165) is 17.1 Å². The van der Waals surface area contributed by atoms with Crippen molar-refractivity contribution in [3.63, 3.8) is 0 Å². The largest absolute Gasteiger partial charge is 0.465 e. The van der Waals surface area contributed by atoms with E-state index in [4.69, 9.17) is 23.6 Å². The summed E-state index contributed by atoms with van der Waals surface area (Å²) in [6.07, 6.45) is -1.70. The van der Waals surface area contributed by atoms with Gasteiger partial charge in [-0.3, -0.25) is 24.0 Å². The topological polar surface area (TPSA) is 228 Å². The molecule has 5 atom stereocenters. The lowest BCUT2D eigenvalue weighted by Gasteiger charge is -2.39. The third-order valence-electron chi connectivity index (χ3n) is 10.2. The number of allylic oxidation sites excluding steroid dienone is 1. The molecule has 4 rings (SSSR count). The van der Waals surface area contributed by atoms with Crippen LogP contribution in [0.4, 0.5) is 0 Å². The van der Waals surface area contributed by atoms with Crippen LogP contribution in [-0.4, -0.2) is 141 Å². The number of amides is 2. The summed E-state index contributed by atoms with van der Waals surface area (Å²) in [4.78, 5) is 66.7. The predicted octanol–water partition coefficient (Wildman–Crippen LogP) is 3.78. The molecule has 2 aromatic rings. The van der Waals surface area contributed by atoms with Gasteiger partial charge in [-0.25, -0.2) is 4.63 Å². The first-order chi connectivity index (χ1) is 27.7. The van der Waals surface area contributed by atoms with Gasteiger partial charge in [-0.05, 0) is 86.8 Å². The highest BCUT2D eigenvalue weighted by atomic mass is 33.1. The standard InChI is InChI=1S/C39H56N4O13S2/c1-23(2)16-18-57-58-32(24(3)43(22-44)20-35(47)53-21-31-37(49)38(50)36(48)25(4)54-31)15-17-52-33(45)7-6-8-34(46)55-28-12-10-27(11-13-28)42(5)39(51)26-9-14-29-30(19-26)41-56-40-29/h9,14,19,22-23,25,27-28,31,36-38,48-50H,6-8,10-13,15-18,20-21H2,1-5H3/b32-24-. The molecule has 1 saturated heterocycles. The first-order valence-corrected chi connectivity index (χ1v) is 21.9. The number of aliphatic hydroxyl groups is 3. The van der Waals surface area contributed by atoms with Gasteiger partial charge in [0.2, 0.25) is 6.41 Å². The normalized spacial score (nSPS) is 23.8. The van der Waals surface area contributed by atoms with Gasteiger partial charge in [0.05, 0.1) is 12.7 Å². The summed E-state index contributed by atoms with van der Waals surface area (Å²) in [6, 6.07) is 5.03. The maximum atomic E-state index is 13.1. The van der Waals surface area contributed by atoms with Gasteiger partial charge in [0.1, 0.15) is 54.7 Å². The van der Waals surface area contributed by atoms with E-state index in [2.05, 4.69) is 24.2 Å². The molecule has 0 radical (unpaired) electrons. The fourth-order valence-electron chi connectivity index (χ4n) is 6.50. The van der Waals surface area contributed by atoms with Gasteiger partial charge in [0.25, 0.3) is 5.91 Å². The lowest BCUT2D eigenvalue weighted by atomic mass is 9.91. The third-order valence-corrected chi connectivity index (χ3v) is 12.9. The molecule has 58 heavy (non-hydrogen) atoms. The fourth-order valence-corrected chi connectivity index (χ4v) is 9.27. The van der Waals surface area contributed by atoms with Crippen LogP contribution >= 0.6 is 21.6 Å². The van der Waals surface area contributed by atoms with Crippen molar-refractivity contribution in [1.82, 2.24) is 20.1 Å². The van der Waals surface area contributed by atoms with Crippen LogP contribution < -0.4 is 0 Å². The molecule has 3 N–H and O–H groups in total.